The molecule has 2 heterocycles. The van der Waals surface area contributed by atoms with E-state index < -0.39 is 0 Å². The first kappa shape index (κ1) is 13.2. The topological polar surface area (TPSA) is 38.1 Å². The van der Waals surface area contributed by atoms with Crippen molar-refractivity contribution >= 4 is 16.8 Å². The molecule has 0 bridgehead atoms. The average molecular weight is 271 g/mol. The summed E-state index contributed by atoms with van der Waals surface area (Å²) < 4.78 is 1.84. The van der Waals surface area contributed by atoms with Gasteiger partial charge in [0.2, 0.25) is 5.91 Å². The Morgan fingerprint density at radius 1 is 1.30 bits per heavy atom. The van der Waals surface area contributed by atoms with Crippen molar-refractivity contribution < 1.29 is 4.79 Å². The van der Waals surface area contributed by atoms with Crippen LogP contribution in [-0.4, -0.2) is 33.7 Å². The van der Waals surface area contributed by atoms with Gasteiger partial charge in [-0.05, 0) is 31.7 Å². The number of rotatable bonds is 2. The van der Waals surface area contributed by atoms with E-state index >= 15 is 0 Å². The van der Waals surface area contributed by atoms with Crippen LogP contribution in [0.4, 0.5) is 0 Å². The minimum atomic E-state index is 0.185. The van der Waals surface area contributed by atoms with Gasteiger partial charge in [0.15, 0.2) is 0 Å². The zero-order valence-electron chi connectivity index (χ0n) is 12.2. The molecule has 20 heavy (non-hydrogen) atoms. The van der Waals surface area contributed by atoms with Crippen LogP contribution in [0.3, 0.4) is 0 Å². The second-order valence-electron chi connectivity index (χ2n) is 5.82. The molecule has 0 saturated carbocycles. The smallest absolute Gasteiger partial charge is 0.244 e. The lowest BCUT2D eigenvalue weighted by Gasteiger charge is -2.30. The van der Waals surface area contributed by atoms with Crippen molar-refractivity contribution in [2.24, 2.45) is 5.92 Å². The van der Waals surface area contributed by atoms with Crippen LogP contribution >= 0.6 is 0 Å². The van der Waals surface area contributed by atoms with Crippen LogP contribution in [0.5, 0.6) is 0 Å². The third kappa shape index (κ3) is 2.42. The number of benzene rings is 1. The molecule has 1 aliphatic rings. The Bertz CT molecular complexity index is 624. The normalized spacial score (nSPS) is 16.8. The predicted molar refractivity (Wildman–Crippen MR) is 79.4 cm³/mol. The molecule has 0 N–H and O–H groups in total. The molecule has 1 aromatic heterocycles. The first-order valence-electron chi connectivity index (χ1n) is 7.35. The van der Waals surface area contributed by atoms with Gasteiger partial charge < -0.3 is 4.90 Å². The van der Waals surface area contributed by atoms with Crippen molar-refractivity contribution in [2.75, 3.05) is 13.1 Å². The molecule has 2 aromatic rings. The van der Waals surface area contributed by atoms with Crippen molar-refractivity contribution in [3.63, 3.8) is 0 Å². The lowest BCUT2D eigenvalue weighted by molar-refractivity contribution is -0.133. The van der Waals surface area contributed by atoms with E-state index in [1.165, 1.54) is 0 Å². The molecule has 0 spiro atoms. The number of carbonyl (C=O) groups excluding carboxylic acids is 1. The molecule has 4 heteroatoms. The summed E-state index contributed by atoms with van der Waals surface area (Å²) in [4.78, 5) is 14.4. The van der Waals surface area contributed by atoms with Crippen LogP contribution in [-0.2, 0) is 11.3 Å². The number of amides is 1. The zero-order chi connectivity index (χ0) is 14.1. The molecule has 0 aliphatic carbocycles. The summed E-state index contributed by atoms with van der Waals surface area (Å²) in [5.41, 5.74) is 2.03. The Kier molecular flexibility index (Phi) is 3.47. The van der Waals surface area contributed by atoms with E-state index in [1.54, 1.807) is 0 Å². The maximum atomic E-state index is 12.4. The molecule has 4 nitrogen and oxygen atoms in total. The fourth-order valence-corrected chi connectivity index (χ4v) is 2.90. The Labute approximate surface area is 119 Å². The van der Waals surface area contributed by atoms with Gasteiger partial charge >= 0.3 is 0 Å². The number of piperidine rings is 1. The van der Waals surface area contributed by atoms with Crippen molar-refractivity contribution in [1.82, 2.24) is 14.7 Å². The van der Waals surface area contributed by atoms with Gasteiger partial charge in [-0.1, -0.05) is 25.1 Å². The van der Waals surface area contributed by atoms with Gasteiger partial charge in [0, 0.05) is 18.5 Å². The van der Waals surface area contributed by atoms with Crippen molar-refractivity contribution in [3.8, 4) is 0 Å². The zero-order valence-corrected chi connectivity index (χ0v) is 12.2. The van der Waals surface area contributed by atoms with Gasteiger partial charge in [0.1, 0.15) is 6.54 Å². The molecular weight excluding hydrogens is 250 g/mol. The van der Waals surface area contributed by atoms with Crippen molar-refractivity contribution in [2.45, 2.75) is 33.2 Å². The van der Waals surface area contributed by atoms with Crippen LogP contribution in [0.2, 0.25) is 0 Å². The Hall–Kier alpha value is -1.84. The number of carbonyl (C=O) groups is 1. The van der Waals surface area contributed by atoms with Crippen LogP contribution in [0.1, 0.15) is 25.5 Å². The summed E-state index contributed by atoms with van der Waals surface area (Å²) >= 11 is 0. The Morgan fingerprint density at radius 2 is 2.00 bits per heavy atom. The highest BCUT2D eigenvalue weighted by atomic mass is 16.2. The molecule has 1 amide bonds. The molecule has 1 aliphatic heterocycles. The standard InChI is InChI=1S/C16H21N3O/c1-12-7-9-18(10-8-12)16(20)11-19-15-6-4-3-5-14(15)13(2)17-19/h3-6,12H,7-11H2,1-2H3. The molecule has 1 saturated heterocycles. The highest BCUT2D eigenvalue weighted by molar-refractivity contribution is 5.84. The minimum absolute atomic E-state index is 0.185. The largest absolute Gasteiger partial charge is 0.341 e. The quantitative estimate of drug-likeness (QED) is 0.842. The number of para-hydroxylation sites is 1. The maximum Gasteiger partial charge on any atom is 0.244 e. The summed E-state index contributed by atoms with van der Waals surface area (Å²) in [6.45, 7) is 6.37. The first-order chi connectivity index (χ1) is 9.65. The van der Waals surface area contributed by atoms with Gasteiger partial charge in [-0.25, -0.2) is 0 Å². The monoisotopic (exact) mass is 271 g/mol. The Balaban J connectivity index is 1.78. The van der Waals surface area contributed by atoms with Gasteiger partial charge in [0.05, 0.1) is 11.2 Å². The summed E-state index contributed by atoms with van der Waals surface area (Å²) in [5, 5.41) is 5.64. The predicted octanol–water partition coefficient (Wildman–Crippen LogP) is 2.60. The Morgan fingerprint density at radius 3 is 2.75 bits per heavy atom. The molecule has 3 rings (SSSR count). The molecule has 0 unspecified atom stereocenters. The number of nitrogens with zero attached hydrogens (tertiary/aromatic N) is 3. The number of aryl methyl sites for hydroxylation is 1. The molecule has 0 atom stereocenters. The van der Waals surface area contributed by atoms with E-state index in [0.717, 1.165) is 48.4 Å². The lowest BCUT2D eigenvalue weighted by Crippen LogP contribution is -2.39. The molecule has 0 radical (unpaired) electrons. The van der Waals surface area contributed by atoms with Crippen LogP contribution < -0.4 is 0 Å². The molecular formula is C16H21N3O. The number of aromatic nitrogens is 2. The molecule has 1 fully saturated rings. The molecule has 106 valence electrons. The first-order valence-corrected chi connectivity index (χ1v) is 7.35. The van der Waals surface area contributed by atoms with Crippen LogP contribution in [0.25, 0.3) is 10.9 Å². The van der Waals surface area contributed by atoms with Gasteiger partial charge in [-0.2, -0.15) is 5.10 Å². The maximum absolute atomic E-state index is 12.4. The summed E-state index contributed by atoms with van der Waals surface area (Å²) in [6, 6.07) is 8.09. The number of likely N-dealkylation sites (tertiary alicyclic amines) is 1. The van der Waals surface area contributed by atoms with E-state index in [9.17, 15) is 4.79 Å². The highest BCUT2D eigenvalue weighted by Crippen LogP contribution is 2.19. The number of hydrogen-bond acceptors (Lipinski definition) is 2. The van der Waals surface area contributed by atoms with Crippen LogP contribution in [0, 0.1) is 12.8 Å². The number of fused-ring (bicyclic) bond motifs is 1. The van der Waals surface area contributed by atoms with E-state index in [2.05, 4.69) is 18.1 Å². The van der Waals surface area contributed by atoms with Gasteiger partial charge in [-0.3, -0.25) is 9.48 Å². The SMILES string of the molecule is Cc1nn(CC(=O)N2CCC(C)CC2)c2ccccc12. The average Bonchev–Trinajstić information content (AvgIpc) is 2.77. The highest BCUT2D eigenvalue weighted by Gasteiger charge is 2.21. The second-order valence-corrected chi connectivity index (χ2v) is 5.82. The van der Waals surface area contributed by atoms with Gasteiger partial charge in [0.25, 0.3) is 0 Å². The fraction of sp³-hybridized carbons (Fsp3) is 0.500. The lowest BCUT2D eigenvalue weighted by atomic mass is 9.99. The third-order valence-electron chi connectivity index (χ3n) is 4.26. The second kappa shape index (κ2) is 5.27. The summed E-state index contributed by atoms with van der Waals surface area (Å²) in [7, 11) is 0. The van der Waals surface area contributed by atoms with E-state index in [0.29, 0.717) is 6.54 Å². The summed E-state index contributed by atoms with van der Waals surface area (Å²) in [5.74, 6) is 0.928. The van der Waals surface area contributed by atoms with Crippen molar-refractivity contribution in [1.29, 1.82) is 0 Å². The summed E-state index contributed by atoms with van der Waals surface area (Å²) in [6.07, 6.45) is 2.23. The van der Waals surface area contributed by atoms with Gasteiger partial charge in [-0.15, -0.1) is 0 Å². The van der Waals surface area contributed by atoms with E-state index in [-0.39, 0.29) is 5.91 Å². The van der Waals surface area contributed by atoms with E-state index in [1.807, 2.05) is 34.7 Å². The molecule has 1 aromatic carbocycles. The minimum Gasteiger partial charge on any atom is -0.341 e. The van der Waals surface area contributed by atoms with Crippen LogP contribution in [0.15, 0.2) is 24.3 Å². The number of hydrogen-bond donors (Lipinski definition) is 0. The van der Waals surface area contributed by atoms with E-state index in [4.69, 9.17) is 0 Å². The van der Waals surface area contributed by atoms with Crippen molar-refractivity contribution in [3.05, 3.63) is 30.0 Å². The fourth-order valence-electron chi connectivity index (χ4n) is 2.90. The third-order valence-corrected chi connectivity index (χ3v) is 4.26.